The zero-order valence-corrected chi connectivity index (χ0v) is 12.3. The number of nitrogens with one attached hydrogen (secondary N) is 1. The van der Waals surface area contributed by atoms with Crippen molar-refractivity contribution in [2.45, 2.75) is 31.2 Å². The second-order valence-corrected chi connectivity index (χ2v) is 6.11. The van der Waals surface area contributed by atoms with Crippen LogP contribution in [0, 0.1) is 0 Å². The smallest absolute Gasteiger partial charge is 0.307 e. The van der Waals surface area contributed by atoms with Crippen molar-refractivity contribution in [3.05, 3.63) is 29.8 Å². The Morgan fingerprint density at radius 3 is 2.45 bits per heavy atom. The van der Waals surface area contributed by atoms with E-state index in [0.29, 0.717) is 18.8 Å². The molecule has 0 radical (unpaired) electrons. The van der Waals surface area contributed by atoms with E-state index < -0.39 is 16.0 Å². The lowest BCUT2D eigenvalue weighted by molar-refractivity contribution is -0.136. The molecular formula is C13H19NO5S. The first-order valence-electron chi connectivity index (χ1n) is 6.26. The van der Waals surface area contributed by atoms with Crippen LogP contribution in [0.25, 0.3) is 0 Å². The van der Waals surface area contributed by atoms with Gasteiger partial charge in [0.05, 0.1) is 17.9 Å². The summed E-state index contributed by atoms with van der Waals surface area (Å²) in [5.41, 5.74) is 0.554. The van der Waals surface area contributed by atoms with Gasteiger partial charge in [0.15, 0.2) is 0 Å². The zero-order valence-electron chi connectivity index (χ0n) is 11.5. The molecule has 0 amide bonds. The minimum atomic E-state index is -3.61. The normalized spacial score (nSPS) is 13.1. The van der Waals surface area contributed by atoms with Gasteiger partial charge in [-0.2, -0.15) is 0 Å². The highest BCUT2D eigenvalue weighted by molar-refractivity contribution is 7.89. The number of carboxylic acids is 1. The zero-order chi connectivity index (χ0) is 15.2. The number of carboxylic acid groups (broad SMARTS) is 1. The Morgan fingerprint density at radius 2 is 1.95 bits per heavy atom. The summed E-state index contributed by atoms with van der Waals surface area (Å²) in [6.45, 7) is 4.37. The predicted octanol–water partition coefficient (Wildman–Crippen LogP) is 1.02. The number of benzene rings is 1. The van der Waals surface area contributed by atoms with Crippen LogP contribution in [0.2, 0.25) is 0 Å². The summed E-state index contributed by atoms with van der Waals surface area (Å²) in [4.78, 5) is 10.7. The van der Waals surface area contributed by atoms with Gasteiger partial charge in [-0.25, -0.2) is 13.1 Å². The topological polar surface area (TPSA) is 92.7 Å². The molecule has 0 spiro atoms. The average Bonchev–Trinajstić information content (AvgIpc) is 2.35. The van der Waals surface area contributed by atoms with Crippen LogP contribution in [-0.4, -0.2) is 38.7 Å². The van der Waals surface area contributed by atoms with Gasteiger partial charge in [-0.1, -0.05) is 12.1 Å². The van der Waals surface area contributed by atoms with E-state index in [1.807, 2.05) is 6.92 Å². The summed E-state index contributed by atoms with van der Waals surface area (Å²) in [7, 11) is -3.61. The summed E-state index contributed by atoms with van der Waals surface area (Å²) in [5, 5.41) is 8.65. The number of hydrogen-bond acceptors (Lipinski definition) is 4. The standard InChI is InChI=1S/C13H19NO5S/c1-3-19-9-10(2)14-20(17,18)12-6-4-11(5-7-12)8-13(15)16/h4-7,10,14H,3,8-9H2,1-2H3,(H,15,16). The minimum Gasteiger partial charge on any atom is -0.481 e. The predicted molar refractivity (Wildman–Crippen MR) is 74.1 cm³/mol. The lowest BCUT2D eigenvalue weighted by Gasteiger charge is -2.14. The third-order valence-corrected chi connectivity index (χ3v) is 4.12. The van der Waals surface area contributed by atoms with Gasteiger partial charge < -0.3 is 9.84 Å². The maximum Gasteiger partial charge on any atom is 0.307 e. The number of sulfonamides is 1. The maximum atomic E-state index is 12.1. The lowest BCUT2D eigenvalue weighted by atomic mass is 10.2. The highest BCUT2D eigenvalue weighted by Gasteiger charge is 2.17. The lowest BCUT2D eigenvalue weighted by Crippen LogP contribution is -2.35. The second-order valence-electron chi connectivity index (χ2n) is 4.40. The van der Waals surface area contributed by atoms with Crippen molar-refractivity contribution in [1.29, 1.82) is 0 Å². The van der Waals surface area contributed by atoms with Gasteiger partial charge in [-0.15, -0.1) is 0 Å². The Bertz CT molecular complexity index is 538. The van der Waals surface area contributed by atoms with Crippen LogP contribution >= 0.6 is 0 Å². The highest BCUT2D eigenvalue weighted by Crippen LogP contribution is 2.11. The average molecular weight is 301 g/mol. The molecule has 6 nitrogen and oxygen atoms in total. The number of hydrogen-bond donors (Lipinski definition) is 2. The van der Waals surface area contributed by atoms with Crippen molar-refractivity contribution in [2.24, 2.45) is 0 Å². The molecule has 0 heterocycles. The molecule has 0 bridgehead atoms. The molecule has 1 aromatic rings. The Morgan fingerprint density at radius 1 is 1.35 bits per heavy atom. The molecule has 0 saturated heterocycles. The van der Waals surface area contributed by atoms with E-state index in [2.05, 4.69) is 4.72 Å². The molecule has 0 aromatic heterocycles. The molecule has 0 aliphatic heterocycles. The molecule has 7 heteroatoms. The monoisotopic (exact) mass is 301 g/mol. The molecule has 20 heavy (non-hydrogen) atoms. The van der Waals surface area contributed by atoms with Crippen molar-refractivity contribution >= 4 is 16.0 Å². The molecular weight excluding hydrogens is 282 g/mol. The highest BCUT2D eigenvalue weighted by atomic mass is 32.2. The van der Waals surface area contributed by atoms with E-state index in [1.165, 1.54) is 24.3 Å². The molecule has 0 fully saturated rings. The Hall–Kier alpha value is -1.44. The van der Waals surface area contributed by atoms with Crippen LogP contribution in [0.15, 0.2) is 29.2 Å². The molecule has 1 atom stereocenters. The van der Waals surface area contributed by atoms with Gasteiger partial charge in [0.25, 0.3) is 0 Å². The molecule has 1 rings (SSSR count). The summed E-state index contributed by atoms with van der Waals surface area (Å²) in [5.74, 6) is -0.955. The quantitative estimate of drug-likeness (QED) is 0.747. The second kappa shape index (κ2) is 7.37. The fourth-order valence-electron chi connectivity index (χ4n) is 1.62. The first-order valence-corrected chi connectivity index (χ1v) is 7.74. The molecule has 0 aliphatic carbocycles. The number of aliphatic carboxylic acids is 1. The van der Waals surface area contributed by atoms with Crippen molar-refractivity contribution in [3.8, 4) is 0 Å². The van der Waals surface area contributed by atoms with Crippen molar-refractivity contribution in [3.63, 3.8) is 0 Å². The van der Waals surface area contributed by atoms with Crippen molar-refractivity contribution < 1.29 is 23.1 Å². The van der Waals surface area contributed by atoms with Gasteiger partial charge in [0.1, 0.15) is 0 Å². The molecule has 1 aromatic carbocycles. The van der Waals surface area contributed by atoms with E-state index in [1.54, 1.807) is 6.92 Å². The largest absolute Gasteiger partial charge is 0.481 e. The van der Waals surface area contributed by atoms with Crippen LogP contribution < -0.4 is 4.72 Å². The van der Waals surface area contributed by atoms with E-state index in [0.717, 1.165) is 0 Å². The summed E-state index contributed by atoms with van der Waals surface area (Å²) < 4.78 is 31.8. The third kappa shape index (κ3) is 5.28. The third-order valence-electron chi connectivity index (χ3n) is 2.52. The first kappa shape index (κ1) is 16.6. The van der Waals surface area contributed by atoms with E-state index in [-0.39, 0.29) is 17.4 Å². The van der Waals surface area contributed by atoms with Crippen LogP contribution in [0.5, 0.6) is 0 Å². The summed E-state index contributed by atoms with van der Waals surface area (Å²) in [6.07, 6.45) is -0.130. The summed E-state index contributed by atoms with van der Waals surface area (Å²) in [6, 6.07) is 5.45. The maximum absolute atomic E-state index is 12.1. The fraction of sp³-hybridized carbons (Fsp3) is 0.462. The van der Waals surface area contributed by atoms with Crippen molar-refractivity contribution in [2.75, 3.05) is 13.2 Å². The van der Waals surface area contributed by atoms with Gasteiger partial charge in [-0.05, 0) is 31.5 Å². The van der Waals surface area contributed by atoms with Gasteiger partial charge in [0, 0.05) is 12.6 Å². The van der Waals surface area contributed by atoms with Gasteiger partial charge in [0.2, 0.25) is 10.0 Å². The number of rotatable bonds is 8. The van der Waals surface area contributed by atoms with E-state index >= 15 is 0 Å². The van der Waals surface area contributed by atoms with E-state index in [4.69, 9.17) is 9.84 Å². The first-order chi connectivity index (χ1) is 9.35. The molecule has 1 unspecified atom stereocenters. The van der Waals surface area contributed by atoms with E-state index in [9.17, 15) is 13.2 Å². The van der Waals surface area contributed by atoms with Crippen LogP contribution in [0.3, 0.4) is 0 Å². The Kier molecular flexibility index (Phi) is 6.12. The van der Waals surface area contributed by atoms with Gasteiger partial charge in [-0.3, -0.25) is 4.79 Å². The van der Waals surface area contributed by atoms with Crippen LogP contribution in [0.1, 0.15) is 19.4 Å². The fourth-order valence-corrected chi connectivity index (χ4v) is 2.85. The minimum absolute atomic E-state index is 0.106. The molecule has 2 N–H and O–H groups in total. The van der Waals surface area contributed by atoms with Gasteiger partial charge >= 0.3 is 5.97 Å². The molecule has 0 aliphatic rings. The summed E-state index contributed by atoms with van der Waals surface area (Å²) >= 11 is 0. The number of carbonyl (C=O) groups is 1. The van der Waals surface area contributed by atoms with Crippen LogP contribution in [0.4, 0.5) is 0 Å². The molecule has 112 valence electrons. The van der Waals surface area contributed by atoms with Crippen LogP contribution in [-0.2, 0) is 26.0 Å². The Labute approximate surface area is 118 Å². The Balaban J connectivity index is 2.74. The number of ether oxygens (including phenoxy) is 1. The van der Waals surface area contributed by atoms with Crippen molar-refractivity contribution in [1.82, 2.24) is 4.72 Å². The molecule has 0 saturated carbocycles. The SMILES string of the molecule is CCOCC(C)NS(=O)(=O)c1ccc(CC(=O)O)cc1.